The standard InChI is InChI=1S/C17H21N3O7S/c21-8-12-14(24)16(26-9-10-6-20(19-18-10)7-13(22)23)15(25)17(27-12)28-11-4-2-1-3-5-11/h1-6,12,14-17,21,24-25H,7-9H2,(H,22,23)/t12?,14-,15?,16?,17-/m0/s1. The average Bonchev–Trinajstić information content (AvgIpc) is 3.11. The molecule has 152 valence electrons. The third-order valence-electron chi connectivity index (χ3n) is 4.12. The van der Waals surface area contributed by atoms with Gasteiger partial charge in [0.15, 0.2) is 0 Å². The van der Waals surface area contributed by atoms with Crippen LogP contribution in [0.2, 0.25) is 0 Å². The van der Waals surface area contributed by atoms with E-state index in [1.165, 1.54) is 18.0 Å². The minimum atomic E-state index is -1.25. The Labute approximate surface area is 164 Å². The van der Waals surface area contributed by atoms with Crippen LogP contribution in [0.4, 0.5) is 0 Å². The highest BCUT2D eigenvalue weighted by Crippen LogP contribution is 2.34. The summed E-state index contributed by atoms with van der Waals surface area (Å²) in [6, 6.07) is 9.29. The first-order valence-corrected chi connectivity index (χ1v) is 9.42. The Balaban J connectivity index is 1.66. The van der Waals surface area contributed by atoms with Gasteiger partial charge in [0.05, 0.1) is 19.4 Å². The fourth-order valence-electron chi connectivity index (χ4n) is 2.78. The lowest BCUT2D eigenvalue weighted by atomic mass is 10.00. The highest BCUT2D eigenvalue weighted by Gasteiger charge is 2.45. The monoisotopic (exact) mass is 411 g/mol. The molecule has 1 aliphatic heterocycles. The Kier molecular flexibility index (Phi) is 6.99. The Hall–Kier alpha value is -2.02. The van der Waals surface area contributed by atoms with Gasteiger partial charge in [-0.1, -0.05) is 35.2 Å². The maximum atomic E-state index is 10.7. The van der Waals surface area contributed by atoms with E-state index in [4.69, 9.17) is 14.6 Å². The molecule has 2 aromatic rings. The van der Waals surface area contributed by atoms with Gasteiger partial charge in [0.1, 0.15) is 42.1 Å². The quantitative estimate of drug-likeness (QED) is 0.447. The van der Waals surface area contributed by atoms with Crippen LogP contribution in [-0.2, 0) is 27.4 Å². The van der Waals surface area contributed by atoms with Crippen molar-refractivity contribution < 1.29 is 34.7 Å². The van der Waals surface area contributed by atoms with Crippen LogP contribution in [0.25, 0.3) is 0 Å². The molecule has 0 radical (unpaired) electrons. The fraction of sp³-hybridized carbons (Fsp3) is 0.471. The summed E-state index contributed by atoms with van der Waals surface area (Å²) in [6.07, 6.45) is -2.96. The van der Waals surface area contributed by atoms with Crippen molar-refractivity contribution in [2.45, 2.75) is 47.9 Å². The number of aliphatic hydroxyl groups excluding tert-OH is 3. The summed E-state index contributed by atoms with van der Waals surface area (Å²) in [6.45, 7) is -0.869. The number of hydrogen-bond acceptors (Lipinski definition) is 9. The number of aliphatic carboxylic acids is 1. The number of carbonyl (C=O) groups is 1. The number of rotatable bonds is 8. The van der Waals surface area contributed by atoms with Gasteiger partial charge in [-0.2, -0.15) is 0 Å². The average molecular weight is 411 g/mol. The molecule has 1 fully saturated rings. The van der Waals surface area contributed by atoms with Gasteiger partial charge in [0.2, 0.25) is 0 Å². The Morgan fingerprint density at radius 1 is 1.25 bits per heavy atom. The van der Waals surface area contributed by atoms with Crippen molar-refractivity contribution >= 4 is 17.7 Å². The van der Waals surface area contributed by atoms with Crippen LogP contribution in [0.1, 0.15) is 5.69 Å². The number of nitrogens with zero attached hydrogens (tertiary/aromatic N) is 3. The van der Waals surface area contributed by atoms with E-state index in [0.717, 1.165) is 9.58 Å². The molecule has 0 spiro atoms. The van der Waals surface area contributed by atoms with Crippen LogP contribution in [0, 0.1) is 0 Å². The summed E-state index contributed by atoms with van der Waals surface area (Å²) >= 11 is 1.26. The topological polar surface area (TPSA) is 147 Å². The first-order valence-electron chi connectivity index (χ1n) is 8.54. The molecule has 0 saturated carbocycles. The van der Waals surface area contributed by atoms with E-state index >= 15 is 0 Å². The normalized spacial score (nSPS) is 27.6. The van der Waals surface area contributed by atoms with Gasteiger partial charge in [-0.3, -0.25) is 4.79 Å². The predicted molar refractivity (Wildman–Crippen MR) is 96.3 cm³/mol. The van der Waals surface area contributed by atoms with E-state index < -0.39 is 42.4 Å². The lowest BCUT2D eigenvalue weighted by molar-refractivity contribution is -0.223. The summed E-state index contributed by atoms with van der Waals surface area (Å²) in [4.78, 5) is 11.6. The maximum Gasteiger partial charge on any atom is 0.325 e. The molecule has 28 heavy (non-hydrogen) atoms. The number of hydrogen-bond donors (Lipinski definition) is 4. The third kappa shape index (κ3) is 5.07. The molecular weight excluding hydrogens is 390 g/mol. The number of ether oxygens (including phenoxy) is 2. The summed E-state index contributed by atoms with van der Waals surface area (Å²) in [5.41, 5.74) is -0.407. The Morgan fingerprint density at radius 3 is 2.68 bits per heavy atom. The SMILES string of the molecule is O=C(O)Cn1cc(COC2C(O)[C@H](Sc3ccccc3)OC(CO)[C@@H]2O)nn1. The van der Waals surface area contributed by atoms with E-state index in [9.17, 15) is 20.1 Å². The maximum absolute atomic E-state index is 10.7. The van der Waals surface area contributed by atoms with Gasteiger partial charge in [0, 0.05) is 4.90 Å². The molecule has 0 aliphatic carbocycles. The largest absolute Gasteiger partial charge is 0.480 e. The summed E-state index contributed by atoms with van der Waals surface area (Å²) < 4.78 is 12.4. The third-order valence-corrected chi connectivity index (χ3v) is 5.29. The molecule has 5 atom stereocenters. The summed E-state index contributed by atoms with van der Waals surface area (Å²) in [5.74, 6) is -1.06. The van der Waals surface area contributed by atoms with E-state index in [-0.39, 0.29) is 13.2 Å². The van der Waals surface area contributed by atoms with Gasteiger partial charge in [-0.15, -0.1) is 5.10 Å². The van der Waals surface area contributed by atoms with Crippen molar-refractivity contribution in [2.75, 3.05) is 6.61 Å². The van der Waals surface area contributed by atoms with Crippen molar-refractivity contribution in [3.63, 3.8) is 0 Å². The van der Waals surface area contributed by atoms with Gasteiger partial charge < -0.3 is 29.9 Å². The molecule has 1 aliphatic rings. The molecule has 11 heteroatoms. The van der Waals surface area contributed by atoms with Crippen LogP contribution in [0.15, 0.2) is 41.4 Å². The van der Waals surface area contributed by atoms with Crippen LogP contribution in [-0.4, -0.2) is 77.8 Å². The highest BCUT2D eigenvalue weighted by atomic mass is 32.2. The molecule has 10 nitrogen and oxygen atoms in total. The molecule has 3 rings (SSSR count). The number of thioether (sulfide) groups is 1. The van der Waals surface area contributed by atoms with E-state index in [1.54, 1.807) is 0 Å². The summed E-state index contributed by atoms with van der Waals surface area (Å²) in [5, 5.41) is 46.8. The zero-order valence-corrected chi connectivity index (χ0v) is 15.6. The number of aromatic nitrogens is 3. The lowest BCUT2D eigenvalue weighted by Gasteiger charge is -2.41. The zero-order chi connectivity index (χ0) is 20.1. The first-order chi connectivity index (χ1) is 13.5. The molecule has 1 aromatic heterocycles. The Bertz CT molecular complexity index is 775. The second-order valence-electron chi connectivity index (χ2n) is 6.21. The van der Waals surface area contributed by atoms with E-state index in [1.807, 2.05) is 30.3 Å². The van der Waals surface area contributed by atoms with Gasteiger partial charge in [-0.05, 0) is 12.1 Å². The van der Waals surface area contributed by atoms with Gasteiger partial charge >= 0.3 is 5.97 Å². The second-order valence-corrected chi connectivity index (χ2v) is 7.39. The minimum Gasteiger partial charge on any atom is -0.480 e. The molecule has 1 saturated heterocycles. The zero-order valence-electron chi connectivity index (χ0n) is 14.7. The molecule has 4 N–H and O–H groups in total. The van der Waals surface area contributed by atoms with Crippen LogP contribution in [0.5, 0.6) is 0 Å². The van der Waals surface area contributed by atoms with E-state index in [0.29, 0.717) is 5.69 Å². The van der Waals surface area contributed by atoms with Crippen molar-refractivity contribution in [1.29, 1.82) is 0 Å². The van der Waals surface area contributed by atoms with Crippen LogP contribution in [0.3, 0.4) is 0 Å². The molecule has 0 bridgehead atoms. The minimum absolute atomic E-state index is 0.0979. The van der Waals surface area contributed by atoms with E-state index in [2.05, 4.69) is 10.3 Å². The van der Waals surface area contributed by atoms with Crippen LogP contribution < -0.4 is 0 Å². The first kappa shape index (κ1) is 20.7. The molecular formula is C17H21N3O7S. The summed E-state index contributed by atoms with van der Waals surface area (Å²) in [7, 11) is 0. The highest BCUT2D eigenvalue weighted by molar-refractivity contribution is 7.99. The van der Waals surface area contributed by atoms with Crippen molar-refractivity contribution in [3.8, 4) is 0 Å². The van der Waals surface area contributed by atoms with Gasteiger partial charge in [-0.25, -0.2) is 4.68 Å². The van der Waals surface area contributed by atoms with Crippen molar-refractivity contribution in [2.24, 2.45) is 0 Å². The molecule has 1 aromatic carbocycles. The second kappa shape index (κ2) is 9.45. The molecule has 3 unspecified atom stereocenters. The number of carboxylic acid groups (broad SMARTS) is 1. The molecule has 0 amide bonds. The lowest BCUT2D eigenvalue weighted by Crippen LogP contribution is -2.58. The van der Waals surface area contributed by atoms with Crippen LogP contribution >= 0.6 is 11.8 Å². The van der Waals surface area contributed by atoms with Crippen molar-refractivity contribution in [3.05, 3.63) is 42.2 Å². The predicted octanol–water partition coefficient (Wildman–Crippen LogP) is -0.521. The fourth-order valence-corrected chi connectivity index (χ4v) is 3.86. The molecule has 2 heterocycles. The number of aliphatic hydroxyl groups is 3. The number of benzene rings is 1. The number of carboxylic acids is 1. The van der Waals surface area contributed by atoms with Gasteiger partial charge in [0.25, 0.3) is 0 Å². The van der Waals surface area contributed by atoms with Crippen molar-refractivity contribution in [1.82, 2.24) is 15.0 Å². The Morgan fingerprint density at radius 2 is 2.00 bits per heavy atom. The smallest absolute Gasteiger partial charge is 0.325 e.